The maximum absolute atomic E-state index is 13.8. The van der Waals surface area contributed by atoms with Crippen LogP contribution in [0.5, 0.6) is 5.75 Å². The van der Waals surface area contributed by atoms with Crippen molar-refractivity contribution >= 4 is 28.1 Å². The summed E-state index contributed by atoms with van der Waals surface area (Å²) < 4.78 is 73.1. The van der Waals surface area contributed by atoms with Crippen molar-refractivity contribution in [1.29, 1.82) is 5.26 Å². The highest BCUT2D eigenvalue weighted by molar-refractivity contribution is 5.98. The number of hydrogen-bond acceptors (Lipinski definition) is 6. The summed E-state index contributed by atoms with van der Waals surface area (Å²) >= 11 is 0. The molecule has 3 rings (SSSR count). The fourth-order valence-corrected chi connectivity index (χ4v) is 3.18. The molecule has 0 amide bonds. The Hall–Kier alpha value is -3.76. The summed E-state index contributed by atoms with van der Waals surface area (Å²) in [6.07, 6.45) is 2.71. The molecule has 7 heteroatoms. The average molecular weight is 454 g/mol. The minimum Gasteiger partial charge on any atom is -0.494 e. The Bertz CT molecular complexity index is 1510. The molecule has 0 saturated heterocycles. The Balaban J connectivity index is 2.09. The van der Waals surface area contributed by atoms with Crippen LogP contribution >= 0.6 is 0 Å². The molecule has 0 bridgehead atoms. The van der Waals surface area contributed by atoms with Crippen molar-refractivity contribution in [2.75, 3.05) is 32.4 Å². The van der Waals surface area contributed by atoms with E-state index in [0.717, 1.165) is 19.2 Å². The number of nitrogens with one attached hydrogen (secondary N) is 1. The molecule has 0 atom stereocenters. The molecular weight excluding hydrogens is 419 g/mol. The average Bonchev–Trinajstić information content (AvgIpc) is 2.84. The molecule has 0 aliphatic rings. The monoisotopic (exact) mass is 453 g/mol. The zero-order valence-electron chi connectivity index (χ0n) is 25.4. The van der Waals surface area contributed by atoms with Crippen LogP contribution in [0.15, 0.2) is 48.7 Å². The number of fused-ring (bicyclic) bond motifs is 1. The van der Waals surface area contributed by atoms with Crippen molar-refractivity contribution in [2.45, 2.75) is 20.3 Å². The number of halogens is 1. The Morgan fingerprint density at radius 1 is 1.42 bits per heavy atom. The molecular formula is C26H27FN4O2. The lowest BCUT2D eigenvalue weighted by Gasteiger charge is -2.15. The number of carbonyl (C=O) groups is 1. The number of carbonyl (C=O) groups excluding carboxylic acids is 1. The summed E-state index contributed by atoms with van der Waals surface area (Å²) in [5.74, 6) is -1.01. The maximum Gasteiger partial charge on any atom is 0.159 e. The van der Waals surface area contributed by atoms with Crippen LogP contribution in [-0.4, -0.2) is 42.7 Å². The molecule has 1 heterocycles. The van der Waals surface area contributed by atoms with E-state index in [1.165, 1.54) is 37.4 Å². The van der Waals surface area contributed by atoms with Crippen molar-refractivity contribution in [3.8, 4) is 11.8 Å². The number of pyridine rings is 1. The van der Waals surface area contributed by atoms with Gasteiger partial charge in [-0.1, -0.05) is 6.08 Å². The highest BCUT2D eigenvalue weighted by Gasteiger charge is 2.16. The number of ketones is 1. The molecule has 6 nitrogen and oxygen atoms in total. The molecule has 1 N–H and O–H groups in total. The Morgan fingerprint density at radius 2 is 2.24 bits per heavy atom. The second-order valence-electron chi connectivity index (χ2n) is 7.20. The summed E-state index contributed by atoms with van der Waals surface area (Å²) in [5, 5.41) is 13.2. The van der Waals surface area contributed by atoms with Crippen LogP contribution in [-0.2, 0) is 11.2 Å². The smallest absolute Gasteiger partial charge is 0.159 e. The molecule has 0 fully saturated rings. The van der Waals surface area contributed by atoms with Crippen LogP contribution in [0.4, 0.5) is 15.8 Å². The van der Waals surface area contributed by atoms with E-state index in [9.17, 15) is 14.4 Å². The fraction of sp³-hybridized carbons (Fsp3) is 0.269. The first-order valence-corrected chi connectivity index (χ1v) is 9.95. The third-order valence-electron chi connectivity index (χ3n) is 4.71. The molecule has 0 saturated carbocycles. The summed E-state index contributed by atoms with van der Waals surface area (Å²) in [6, 6.07) is 9.32. The van der Waals surface area contributed by atoms with Crippen LogP contribution in [0.1, 0.15) is 33.2 Å². The van der Waals surface area contributed by atoms with Gasteiger partial charge in [-0.15, -0.1) is 0 Å². The van der Waals surface area contributed by atoms with Crippen molar-refractivity contribution in [1.82, 2.24) is 9.88 Å². The number of anilines is 2. The van der Waals surface area contributed by atoms with E-state index in [-0.39, 0.29) is 23.3 Å². The van der Waals surface area contributed by atoms with E-state index in [1.54, 1.807) is 13.0 Å². The van der Waals surface area contributed by atoms with Gasteiger partial charge in [-0.05, 0) is 63.8 Å². The molecule has 170 valence electrons. The zero-order valence-corrected chi connectivity index (χ0v) is 18.4. The molecule has 1 aromatic heterocycles. The number of aryl methyl sites for hydroxylation is 1. The van der Waals surface area contributed by atoms with Crippen molar-refractivity contribution in [3.63, 3.8) is 0 Å². The summed E-state index contributed by atoms with van der Waals surface area (Å²) in [6.45, 7) is -4.55. The molecule has 0 radical (unpaired) electrons. The van der Waals surface area contributed by atoms with Crippen molar-refractivity contribution in [3.05, 3.63) is 71.2 Å². The SMILES string of the molecule is [2H]C([2H])(C)Oc1cc2ncc(C#N)c(Nc3ccc(F)c(C)c3)c2cc1CC(=O)/C=C/C([2H])([2H])N(C)C([2H])([2H])[2H]. The lowest BCUT2D eigenvalue weighted by Crippen LogP contribution is -2.11. The molecule has 3 aromatic rings. The number of aromatic nitrogens is 1. The highest BCUT2D eigenvalue weighted by Crippen LogP contribution is 2.34. The van der Waals surface area contributed by atoms with Gasteiger partial charge >= 0.3 is 0 Å². The number of hydrogen-bond donors (Lipinski definition) is 1. The van der Waals surface area contributed by atoms with Gasteiger partial charge in [0.2, 0.25) is 0 Å². The van der Waals surface area contributed by atoms with Crippen molar-refractivity contribution in [2.24, 2.45) is 0 Å². The second-order valence-corrected chi connectivity index (χ2v) is 7.20. The van der Waals surface area contributed by atoms with Gasteiger partial charge in [0.15, 0.2) is 5.78 Å². The van der Waals surface area contributed by atoms with Gasteiger partial charge in [0, 0.05) is 48.7 Å². The normalized spacial score (nSPS) is 15.6. The predicted molar refractivity (Wildman–Crippen MR) is 128 cm³/mol. The summed E-state index contributed by atoms with van der Waals surface area (Å²) in [5.41, 5.74) is 1.89. The molecule has 33 heavy (non-hydrogen) atoms. The first kappa shape index (κ1) is 15.9. The first-order valence-electron chi connectivity index (χ1n) is 13.5. The van der Waals surface area contributed by atoms with E-state index in [4.69, 9.17) is 14.3 Å². The Labute approximate surface area is 203 Å². The molecule has 2 aromatic carbocycles. The van der Waals surface area contributed by atoms with E-state index < -0.39 is 31.6 Å². The molecule has 0 aliphatic heterocycles. The molecule has 0 spiro atoms. The largest absolute Gasteiger partial charge is 0.494 e. The van der Waals surface area contributed by atoms with Gasteiger partial charge in [0.25, 0.3) is 0 Å². The number of rotatable bonds is 9. The third-order valence-corrected chi connectivity index (χ3v) is 4.71. The van der Waals surface area contributed by atoms with Gasteiger partial charge in [-0.3, -0.25) is 9.78 Å². The predicted octanol–water partition coefficient (Wildman–Crippen LogP) is 4.93. The van der Waals surface area contributed by atoms with Gasteiger partial charge in [0.05, 0.1) is 26.1 Å². The first-order chi connectivity index (χ1) is 18.4. The van der Waals surface area contributed by atoms with Crippen LogP contribution in [0.25, 0.3) is 10.9 Å². The fourth-order valence-electron chi connectivity index (χ4n) is 3.18. The van der Waals surface area contributed by atoms with Gasteiger partial charge in [-0.2, -0.15) is 5.26 Å². The molecule has 0 unspecified atom stereocenters. The van der Waals surface area contributed by atoms with Crippen LogP contribution < -0.4 is 10.1 Å². The van der Waals surface area contributed by atoms with E-state index >= 15 is 0 Å². The Morgan fingerprint density at radius 3 is 2.94 bits per heavy atom. The Kier molecular flexibility index (Phi) is 5.17. The lowest BCUT2D eigenvalue weighted by atomic mass is 10.0. The number of nitriles is 1. The van der Waals surface area contributed by atoms with Crippen LogP contribution in [0.3, 0.4) is 0 Å². The third kappa shape index (κ3) is 5.93. The number of likely N-dealkylation sites (N-methyl/N-ethyl adjacent to an activating group) is 1. The maximum atomic E-state index is 13.8. The van der Waals surface area contributed by atoms with E-state index in [2.05, 4.69) is 10.3 Å². The number of benzene rings is 2. The quantitative estimate of drug-likeness (QED) is 0.463. The summed E-state index contributed by atoms with van der Waals surface area (Å²) in [7, 11) is 1.07. The standard InChI is InChI=1S/C26H27FN4O2/c1-5-33-25-14-24-22(13-18(25)12-21(32)7-6-10-31(3)4)26(19(15-28)16-29-24)30-20-8-9-23(27)17(2)11-20/h6-9,11,13-14,16H,5,10,12H2,1-4H3,(H,29,30)/b7-6+/i3D3,5D2,10D2. The number of ether oxygens (including phenoxy) is 1. The van der Waals surface area contributed by atoms with Gasteiger partial charge < -0.3 is 15.0 Å². The van der Waals surface area contributed by atoms with Crippen LogP contribution in [0.2, 0.25) is 0 Å². The van der Waals surface area contributed by atoms with E-state index in [0.29, 0.717) is 32.7 Å². The number of allylic oxidation sites excluding steroid dienone is 1. The van der Waals surface area contributed by atoms with Crippen molar-refractivity contribution < 1.29 is 23.5 Å². The lowest BCUT2D eigenvalue weighted by molar-refractivity contribution is -0.114. The zero-order chi connectivity index (χ0) is 30.0. The summed E-state index contributed by atoms with van der Waals surface area (Å²) in [4.78, 5) is 17.7. The topological polar surface area (TPSA) is 78.2 Å². The van der Waals surface area contributed by atoms with Crippen LogP contribution in [0, 0.1) is 24.1 Å². The van der Waals surface area contributed by atoms with Gasteiger partial charge in [-0.25, -0.2) is 4.39 Å². The van der Waals surface area contributed by atoms with E-state index in [1.807, 2.05) is 6.07 Å². The van der Waals surface area contributed by atoms with Gasteiger partial charge in [0.1, 0.15) is 17.6 Å². The highest BCUT2D eigenvalue weighted by atomic mass is 19.1. The molecule has 0 aliphatic carbocycles. The second kappa shape index (κ2) is 10.7. The number of nitrogens with zero attached hydrogens (tertiary/aromatic N) is 3. The minimum absolute atomic E-state index is 0.00477. The minimum atomic E-state index is -2.74.